The highest BCUT2D eigenvalue weighted by molar-refractivity contribution is 7.98. The fourth-order valence-corrected chi connectivity index (χ4v) is 3.38. The lowest BCUT2D eigenvalue weighted by Crippen LogP contribution is -2.56. The molecule has 0 saturated heterocycles. The summed E-state index contributed by atoms with van der Waals surface area (Å²) in [5, 5.41) is 17.1. The summed E-state index contributed by atoms with van der Waals surface area (Å²) in [7, 11) is 0. The van der Waals surface area contributed by atoms with Crippen molar-refractivity contribution in [1.82, 2.24) is 16.0 Å². The van der Waals surface area contributed by atoms with Crippen molar-refractivity contribution in [2.45, 2.75) is 51.2 Å². The summed E-state index contributed by atoms with van der Waals surface area (Å²) < 4.78 is 0. The summed E-state index contributed by atoms with van der Waals surface area (Å²) in [4.78, 5) is 48.0. The molecule has 1 aromatic rings. The number of benzene rings is 1. The van der Waals surface area contributed by atoms with Crippen LogP contribution in [0, 0.1) is 5.92 Å². The molecule has 0 spiro atoms. The van der Waals surface area contributed by atoms with Crippen molar-refractivity contribution in [2.75, 3.05) is 12.0 Å². The van der Waals surface area contributed by atoms with Crippen molar-refractivity contribution in [3.05, 3.63) is 35.9 Å². The first-order valence-electron chi connectivity index (χ1n) is 9.84. The molecule has 0 aliphatic heterocycles. The third kappa shape index (κ3) is 9.30. The predicted octanol–water partition coefficient (Wildman–Crippen LogP) is 1.20. The van der Waals surface area contributed by atoms with Gasteiger partial charge in [-0.2, -0.15) is 11.8 Å². The van der Waals surface area contributed by atoms with E-state index < -0.39 is 35.9 Å². The van der Waals surface area contributed by atoms with Crippen molar-refractivity contribution >= 4 is 36.0 Å². The number of carboxylic acids is 1. The monoisotopic (exact) mass is 437 g/mol. The van der Waals surface area contributed by atoms with Crippen molar-refractivity contribution in [3.8, 4) is 0 Å². The van der Waals surface area contributed by atoms with Gasteiger partial charge in [0.1, 0.15) is 18.1 Å². The second-order valence-corrected chi connectivity index (χ2v) is 8.38. The minimum Gasteiger partial charge on any atom is -0.480 e. The van der Waals surface area contributed by atoms with E-state index in [9.17, 15) is 24.3 Å². The lowest BCUT2D eigenvalue weighted by atomic mass is 10.0. The molecule has 9 heteroatoms. The van der Waals surface area contributed by atoms with Crippen LogP contribution in [0.15, 0.2) is 30.3 Å². The van der Waals surface area contributed by atoms with Crippen molar-refractivity contribution in [2.24, 2.45) is 5.92 Å². The summed E-state index contributed by atoms with van der Waals surface area (Å²) in [6.45, 7) is 3.74. The van der Waals surface area contributed by atoms with Gasteiger partial charge in [0.15, 0.2) is 0 Å². The van der Waals surface area contributed by atoms with Crippen LogP contribution in [0.3, 0.4) is 0 Å². The first-order valence-corrected chi connectivity index (χ1v) is 11.2. The van der Waals surface area contributed by atoms with Crippen molar-refractivity contribution < 1.29 is 24.3 Å². The van der Waals surface area contributed by atoms with E-state index in [0.29, 0.717) is 18.6 Å². The molecule has 0 unspecified atom stereocenters. The topological polar surface area (TPSA) is 125 Å². The van der Waals surface area contributed by atoms with Crippen LogP contribution in [-0.2, 0) is 25.6 Å². The Morgan fingerprint density at radius 2 is 1.63 bits per heavy atom. The van der Waals surface area contributed by atoms with Gasteiger partial charge in [-0.05, 0) is 36.3 Å². The lowest BCUT2D eigenvalue weighted by Gasteiger charge is -2.24. The Bertz CT molecular complexity index is 699. The molecule has 0 bridgehead atoms. The van der Waals surface area contributed by atoms with E-state index in [0.717, 1.165) is 5.56 Å². The molecular formula is C21H31N3O5S. The molecule has 0 fully saturated rings. The van der Waals surface area contributed by atoms with E-state index in [4.69, 9.17) is 0 Å². The van der Waals surface area contributed by atoms with Gasteiger partial charge >= 0.3 is 5.97 Å². The highest BCUT2D eigenvalue weighted by atomic mass is 32.2. The fraction of sp³-hybridized carbons (Fsp3) is 0.524. The van der Waals surface area contributed by atoms with Gasteiger partial charge in [-0.25, -0.2) is 4.79 Å². The maximum Gasteiger partial charge on any atom is 0.326 e. The summed E-state index contributed by atoms with van der Waals surface area (Å²) >= 11 is 1.54. The maximum absolute atomic E-state index is 12.9. The molecule has 166 valence electrons. The smallest absolute Gasteiger partial charge is 0.326 e. The van der Waals surface area contributed by atoms with Crippen molar-refractivity contribution in [3.63, 3.8) is 0 Å². The van der Waals surface area contributed by atoms with Crippen LogP contribution in [0.2, 0.25) is 0 Å². The van der Waals surface area contributed by atoms with E-state index >= 15 is 0 Å². The largest absolute Gasteiger partial charge is 0.480 e. The van der Waals surface area contributed by atoms with Crippen LogP contribution in [0.25, 0.3) is 0 Å². The van der Waals surface area contributed by atoms with Crippen LogP contribution in [0.5, 0.6) is 0 Å². The minimum absolute atomic E-state index is 0.0706. The quantitative estimate of drug-likeness (QED) is 0.324. The van der Waals surface area contributed by atoms with Gasteiger partial charge in [0, 0.05) is 6.42 Å². The molecule has 1 aromatic carbocycles. The second-order valence-electron chi connectivity index (χ2n) is 7.40. The minimum atomic E-state index is -1.12. The van der Waals surface area contributed by atoms with Gasteiger partial charge in [0.05, 0.1) is 0 Å². The zero-order chi connectivity index (χ0) is 22.5. The Morgan fingerprint density at radius 1 is 1.03 bits per heavy atom. The first-order chi connectivity index (χ1) is 14.3. The van der Waals surface area contributed by atoms with Crippen LogP contribution in [0.4, 0.5) is 0 Å². The molecule has 0 saturated carbocycles. The van der Waals surface area contributed by atoms with Gasteiger partial charge in [0.2, 0.25) is 18.2 Å². The number of thioether (sulfide) groups is 1. The second kappa shape index (κ2) is 13.6. The highest BCUT2D eigenvalue weighted by Crippen LogP contribution is 2.09. The number of aliphatic carboxylic acids is 1. The average Bonchev–Trinajstić information content (AvgIpc) is 2.70. The van der Waals surface area contributed by atoms with Crippen LogP contribution in [-0.4, -0.2) is 59.4 Å². The molecule has 0 radical (unpaired) electrons. The Labute approximate surface area is 181 Å². The van der Waals surface area contributed by atoms with Gasteiger partial charge < -0.3 is 21.1 Å². The molecule has 30 heavy (non-hydrogen) atoms. The first kappa shape index (κ1) is 25.5. The Balaban J connectivity index is 2.99. The van der Waals surface area contributed by atoms with E-state index in [2.05, 4.69) is 16.0 Å². The van der Waals surface area contributed by atoms with E-state index in [1.807, 2.05) is 50.4 Å². The SMILES string of the molecule is CSCC[C@H](NC=O)C(=O)N[C@@H](Cc1ccccc1)C(=O)N[C@@H](CC(C)C)C(=O)O. The number of carbonyl (C=O) groups is 4. The fourth-order valence-electron chi connectivity index (χ4n) is 2.90. The zero-order valence-electron chi connectivity index (χ0n) is 17.6. The Hall–Kier alpha value is -2.55. The average molecular weight is 438 g/mol. The molecule has 3 amide bonds. The normalized spacial score (nSPS) is 13.7. The molecular weight excluding hydrogens is 406 g/mol. The highest BCUT2D eigenvalue weighted by Gasteiger charge is 2.29. The van der Waals surface area contributed by atoms with Gasteiger partial charge in [-0.1, -0.05) is 44.2 Å². The predicted molar refractivity (Wildman–Crippen MR) is 117 cm³/mol. The summed E-state index contributed by atoms with van der Waals surface area (Å²) in [6, 6.07) is 6.33. The van der Waals surface area contributed by atoms with Crippen molar-refractivity contribution in [1.29, 1.82) is 0 Å². The summed E-state index contributed by atoms with van der Waals surface area (Å²) in [5.41, 5.74) is 0.817. The van der Waals surface area contributed by atoms with Crippen LogP contribution >= 0.6 is 11.8 Å². The Morgan fingerprint density at radius 3 is 2.17 bits per heavy atom. The number of nitrogens with one attached hydrogen (secondary N) is 3. The number of carbonyl (C=O) groups excluding carboxylic acids is 3. The summed E-state index contributed by atoms with van der Waals surface area (Å²) in [5.74, 6) is -1.45. The third-order valence-electron chi connectivity index (χ3n) is 4.43. The molecule has 1 rings (SSSR count). The molecule has 0 aromatic heterocycles. The van der Waals surface area contributed by atoms with Gasteiger partial charge in [0.25, 0.3) is 0 Å². The number of carboxylic acid groups (broad SMARTS) is 1. The zero-order valence-corrected chi connectivity index (χ0v) is 18.4. The lowest BCUT2D eigenvalue weighted by molar-refractivity contribution is -0.142. The maximum atomic E-state index is 12.9. The number of amides is 3. The number of rotatable bonds is 14. The molecule has 4 N–H and O–H groups in total. The number of hydrogen-bond donors (Lipinski definition) is 4. The number of hydrogen-bond acceptors (Lipinski definition) is 5. The van der Waals surface area contributed by atoms with Gasteiger partial charge in [-0.15, -0.1) is 0 Å². The van der Waals surface area contributed by atoms with Crippen LogP contribution in [0.1, 0.15) is 32.3 Å². The van der Waals surface area contributed by atoms with E-state index in [1.165, 1.54) is 11.8 Å². The van der Waals surface area contributed by atoms with Crippen LogP contribution < -0.4 is 16.0 Å². The molecule has 3 atom stereocenters. The summed E-state index contributed by atoms with van der Waals surface area (Å²) in [6.07, 6.45) is 3.23. The van der Waals surface area contributed by atoms with E-state index in [1.54, 1.807) is 0 Å². The standard InChI is InChI=1S/C21H31N3O5S/c1-14(2)11-18(21(28)29)24-20(27)17(12-15-7-5-4-6-8-15)23-19(26)16(22-13-25)9-10-30-3/h4-8,13-14,16-18H,9-12H2,1-3H3,(H,22,25)(H,23,26)(H,24,27)(H,28,29)/t16-,17-,18-/m0/s1. The molecule has 8 nitrogen and oxygen atoms in total. The van der Waals surface area contributed by atoms with E-state index in [-0.39, 0.29) is 18.8 Å². The third-order valence-corrected chi connectivity index (χ3v) is 5.08. The molecule has 0 aliphatic rings. The molecule has 0 aliphatic carbocycles. The Kier molecular flexibility index (Phi) is 11.6. The van der Waals surface area contributed by atoms with Gasteiger partial charge in [-0.3, -0.25) is 14.4 Å². The molecule has 0 heterocycles.